The Morgan fingerprint density at radius 1 is 1.38 bits per heavy atom. The van der Waals surface area contributed by atoms with Gasteiger partial charge in [-0.3, -0.25) is 4.98 Å². The first-order valence-corrected chi connectivity index (χ1v) is 5.18. The van der Waals surface area contributed by atoms with Gasteiger partial charge in [-0.15, -0.1) is 11.6 Å². The van der Waals surface area contributed by atoms with Crippen molar-refractivity contribution in [2.24, 2.45) is 0 Å². The predicted octanol–water partition coefficient (Wildman–Crippen LogP) is 3.46. The van der Waals surface area contributed by atoms with Gasteiger partial charge in [0, 0.05) is 5.69 Å². The molecule has 0 fully saturated rings. The molecule has 0 saturated carbocycles. The average molecular weight is 254 g/mol. The lowest BCUT2D eigenvalue weighted by Crippen LogP contribution is -2.13. The Morgan fingerprint density at radius 3 is 2.62 bits per heavy atom. The van der Waals surface area contributed by atoms with Crippen molar-refractivity contribution < 1.29 is 17.9 Å². The van der Waals surface area contributed by atoms with Crippen LogP contribution in [0.4, 0.5) is 13.2 Å². The molecular formula is C10H11ClF3NO. The summed E-state index contributed by atoms with van der Waals surface area (Å²) in [4.78, 5) is 4.07. The number of hydrogen-bond donors (Lipinski definition) is 0. The third-order valence-electron chi connectivity index (χ3n) is 1.84. The van der Waals surface area contributed by atoms with E-state index >= 15 is 0 Å². The SMILES string of the molecule is Cc1ccc(OCCC(F)(F)F)c(CCl)n1. The first-order valence-electron chi connectivity index (χ1n) is 4.64. The van der Waals surface area contributed by atoms with Crippen LogP contribution >= 0.6 is 11.6 Å². The molecule has 90 valence electrons. The summed E-state index contributed by atoms with van der Waals surface area (Å²) < 4.78 is 40.6. The Kier molecular flexibility index (Phi) is 4.41. The highest BCUT2D eigenvalue weighted by atomic mass is 35.5. The van der Waals surface area contributed by atoms with Crippen molar-refractivity contribution in [1.29, 1.82) is 0 Å². The summed E-state index contributed by atoms with van der Waals surface area (Å²) in [5.74, 6) is 0.424. The topological polar surface area (TPSA) is 22.1 Å². The molecule has 1 aromatic rings. The first kappa shape index (κ1) is 13.1. The molecule has 0 atom stereocenters. The van der Waals surface area contributed by atoms with Crippen molar-refractivity contribution in [2.45, 2.75) is 25.4 Å². The zero-order chi connectivity index (χ0) is 12.2. The van der Waals surface area contributed by atoms with Gasteiger partial charge < -0.3 is 4.74 Å². The molecule has 0 amide bonds. The molecule has 0 bridgehead atoms. The molecule has 1 aromatic heterocycles. The van der Waals surface area contributed by atoms with Crippen molar-refractivity contribution in [2.75, 3.05) is 6.61 Å². The van der Waals surface area contributed by atoms with Gasteiger partial charge in [0.25, 0.3) is 0 Å². The normalized spacial score (nSPS) is 11.6. The van der Waals surface area contributed by atoms with Gasteiger partial charge in [-0.2, -0.15) is 13.2 Å². The van der Waals surface area contributed by atoms with Crippen LogP contribution in [0.1, 0.15) is 17.8 Å². The molecule has 0 aliphatic rings. The summed E-state index contributed by atoms with van der Waals surface area (Å²) in [6.45, 7) is 1.35. The highest BCUT2D eigenvalue weighted by Crippen LogP contribution is 2.22. The van der Waals surface area contributed by atoms with Crippen LogP contribution < -0.4 is 4.74 Å². The standard InChI is InChI=1S/C10H11ClF3NO/c1-7-2-3-9(8(6-11)15-7)16-5-4-10(12,13)14/h2-3H,4-6H2,1H3. The highest BCUT2D eigenvalue weighted by Gasteiger charge is 2.27. The summed E-state index contributed by atoms with van der Waals surface area (Å²) in [5, 5.41) is 0. The van der Waals surface area contributed by atoms with Gasteiger partial charge in [0.15, 0.2) is 0 Å². The van der Waals surface area contributed by atoms with E-state index in [9.17, 15) is 13.2 Å². The smallest absolute Gasteiger partial charge is 0.392 e. The van der Waals surface area contributed by atoms with E-state index in [0.717, 1.165) is 5.69 Å². The minimum absolute atomic E-state index is 0.114. The molecule has 1 heterocycles. The second kappa shape index (κ2) is 5.39. The number of alkyl halides is 4. The number of halogens is 4. The predicted molar refractivity (Wildman–Crippen MR) is 54.7 cm³/mol. The van der Waals surface area contributed by atoms with E-state index in [1.165, 1.54) is 0 Å². The molecule has 6 heteroatoms. The largest absolute Gasteiger partial charge is 0.491 e. The second-order valence-electron chi connectivity index (χ2n) is 3.24. The van der Waals surface area contributed by atoms with Gasteiger partial charge in [0.1, 0.15) is 5.75 Å². The summed E-state index contributed by atoms with van der Waals surface area (Å²) >= 11 is 5.61. The number of ether oxygens (including phenoxy) is 1. The Bertz CT molecular complexity index is 354. The monoisotopic (exact) mass is 253 g/mol. The molecule has 0 saturated heterocycles. The maximum atomic E-state index is 11.9. The third-order valence-corrected chi connectivity index (χ3v) is 2.09. The van der Waals surface area contributed by atoms with E-state index in [1.807, 2.05) is 0 Å². The number of aromatic nitrogens is 1. The minimum atomic E-state index is -4.21. The molecule has 0 aliphatic heterocycles. The molecule has 2 nitrogen and oxygen atoms in total. The van der Waals surface area contributed by atoms with Gasteiger partial charge in [0.2, 0.25) is 0 Å². The molecule has 0 spiro atoms. The fraction of sp³-hybridized carbons (Fsp3) is 0.500. The number of rotatable bonds is 4. The van der Waals surface area contributed by atoms with E-state index in [0.29, 0.717) is 11.4 Å². The van der Waals surface area contributed by atoms with Crippen LogP contribution in [-0.2, 0) is 5.88 Å². The van der Waals surface area contributed by atoms with Gasteiger partial charge in [0.05, 0.1) is 24.6 Å². The van der Waals surface area contributed by atoms with Crippen LogP contribution in [0.25, 0.3) is 0 Å². The van der Waals surface area contributed by atoms with Gasteiger partial charge in [-0.05, 0) is 19.1 Å². The van der Waals surface area contributed by atoms with E-state index < -0.39 is 19.2 Å². The molecule has 0 unspecified atom stereocenters. The number of nitrogens with zero attached hydrogens (tertiary/aromatic N) is 1. The van der Waals surface area contributed by atoms with E-state index in [1.54, 1.807) is 19.1 Å². The van der Waals surface area contributed by atoms with Gasteiger partial charge in [-0.25, -0.2) is 0 Å². The Hall–Kier alpha value is -0.970. The molecule has 1 rings (SSSR count). The zero-order valence-corrected chi connectivity index (χ0v) is 9.40. The van der Waals surface area contributed by atoms with Crippen LogP contribution in [0.3, 0.4) is 0 Å². The average Bonchev–Trinajstić information content (AvgIpc) is 2.18. The van der Waals surface area contributed by atoms with Crippen molar-refractivity contribution >= 4 is 11.6 Å². The van der Waals surface area contributed by atoms with Crippen molar-refractivity contribution in [3.63, 3.8) is 0 Å². The summed E-state index contributed by atoms with van der Waals surface area (Å²) in [6, 6.07) is 3.25. The number of aryl methyl sites for hydroxylation is 1. The van der Waals surface area contributed by atoms with Crippen molar-refractivity contribution in [3.05, 3.63) is 23.5 Å². The summed E-state index contributed by atoms with van der Waals surface area (Å²) in [6.07, 6.45) is -5.19. The molecule has 0 aromatic carbocycles. The van der Waals surface area contributed by atoms with Crippen molar-refractivity contribution in [1.82, 2.24) is 4.98 Å². The fourth-order valence-electron chi connectivity index (χ4n) is 1.10. The van der Waals surface area contributed by atoms with E-state index in [-0.39, 0.29) is 5.88 Å². The number of pyridine rings is 1. The maximum Gasteiger partial charge on any atom is 0.392 e. The lowest BCUT2D eigenvalue weighted by atomic mass is 10.3. The molecule has 0 aliphatic carbocycles. The molecule has 0 radical (unpaired) electrons. The molecular weight excluding hydrogens is 243 g/mol. The Labute approximate surface area is 96.4 Å². The first-order chi connectivity index (χ1) is 7.42. The van der Waals surface area contributed by atoms with Crippen LogP contribution in [0.15, 0.2) is 12.1 Å². The lowest BCUT2D eigenvalue weighted by Gasteiger charge is -2.11. The molecule has 0 N–H and O–H groups in total. The second-order valence-corrected chi connectivity index (χ2v) is 3.51. The Balaban J connectivity index is 2.60. The van der Waals surface area contributed by atoms with Crippen molar-refractivity contribution in [3.8, 4) is 5.75 Å². The third kappa shape index (κ3) is 4.26. The van der Waals surface area contributed by atoms with Crippen LogP contribution in [-0.4, -0.2) is 17.8 Å². The van der Waals surface area contributed by atoms with Gasteiger partial charge in [-0.1, -0.05) is 0 Å². The maximum absolute atomic E-state index is 11.9. The molecule has 16 heavy (non-hydrogen) atoms. The summed E-state index contributed by atoms with van der Waals surface area (Å²) in [5.41, 5.74) is 1.21. The highest BCUT2D eigenvalue weighted by molar-refractivity contribution is 6.17. The zero-order valence-electron chi connectivity index (χ0n) is 8.64. The van der Waals surface area contributed by atoms with Crippen LogP contribution in [0.5, 0.6) is 5.75 Å². The number of hydrogen-bond acceptors (Lipinski definition) is 2. The summed E-state index contributed by atoms with van der Waals surface area (Å²) in [7, 11) is 0. The van der Waals surface area contributed by atoms with E-state index in [2.05, 4.69) is 4.98 Å². The van der Waals surface area contributed by atoms with Crippen LogP contribution in [0.2, 0.25) is 0 Å². The van der Waals surface area contributed by atoms with Gasteiger partial charge >= 0.3 is 6.18 Å². The quantitative estimate of drug-likeness (QED) is 0.767. The fourth-order valence-corrected chi connectivity index (χ4v) is 1.29. The van der Waals surface area contributed by atoms with Crippen LogP contribution in [0, 0.1) is 6.92 Å². The minimum Gasteiger partial charge on any atom is -0.491 e. The Morgan fingerprint density at radius 2 is 2.06 bits per heavy atom. The van der Waals surface area contributed by atoms with E-state index in [4.69, 9.17) is 16.3 Å². The lowest BCUT2D eigenvalue weighted by molar-refractivity contribution is -0.139.